The minimum absolute atomic E-state index is 0.356. The molecule has 4 nitrogen and oxygen atoms in total. The Morgan fingerprint density at radius 1 is 1.26 bits per heavy atom. The topological polar surface area (TPSA) is 63.6 Å². The fourth-order valence-corrected chi connectivity index (χ4v) is 2.39. The van der Waals surface area contributed by atoms with Crippen LogP contribution in [0.2, 0.25) is 0 Å². The molecule has 1 N–H and O–H groups in total. The summed E-state index contributed by atoms with van der Waals surface area (Å²) in [6.45, 7) is 0.884. The lowest BCUT2D eigenvalue weighted by Crippen LogP contribution is -2.34. The van der Waals surface area contributed by atoms with Gasteiger partial charge in [0.25, 0.3) is 10.1 Å². The van der Waals surface area contributed by atoms with Crippen molar-refractivity contribution < 1.29 is 30.9 Å². The number of hydrogen-bond donors (Lipinski definition) is 1. The van der Waals surface area contributed by atoms with Crippen molar-refractivity contribution in [2.45, 2.75) is 30.5 Å². The van der Waals surface area contributed by atoms with E-state index in [0.717, 1.165) is 17.7 Å². The van der Waals surface area contributed by atoms with Crippen LogP contribution in [0.25, 0.3) is 0 Å². The number of alkyl halides is 3. The Hall–Kier alpha value is -1.12. The number of hydrogen-bond acceptors (Lipinski definition) is 4. The minimum Gasteiger partial charge on any atom is -0.396 e. The van der Waals surface area contributed by atoms with Crippen LogP contribution in [0.3, 0.4) is 0 Å². The van der Waals surface area contributed by atoms with Crippen molar-refractivity contribution in [2.75, 3.05) is 6.61 Å². The Labute approximate surface area is 108 Å². The number of benzene rings is 1. The molecule has 0 aliphatic heterocycles. The number of rotatable bonds is 5. The van der Waals surface area contributed by atoms with Gasteiger partial charge in [0.05, 0.1) is 4.90 Å². The van der Waals surface area contributed by atoms with Gasteiger partial charge < -0.3 is 5.11 Å². The zero-order valence-corrected chi connectivity index (χ0v) is 10.8. The summed E-state index contributed by atoms with van der Waals surface area (Å²) in [5.41, 5.74) is 0.765. The molecular weight excluding hydrogens is 285 g/mol. The lowest BCUT2D eigenvalue weighted by atomic mass is 10.2. The minimum atomic E-state index is -4.86. The molecule has 0 saturated heterocycles. The van der Waals surface area contributed by atoms with Crippen molar-refractivity contribution in [3.63, 3.8) is 0 Å². The smallest absolute Gasteiger partial charge is 0.396 e. The predicted molar refractivity (Wildman–Crippen MR) is 61.0 cm³/mol. The van der Waals surface area contributed by atoms with Crippen molar-refractivity contribution >= 4 is 10.1 Å². The van der Waals surface area contributed by atoms with Crippen LogP contribution in [0.1, 0.15) is 12.0 Å². The number of halogens is 3. The van der Waals surface area contributed by atoms with Gasteiger partial charge in [-0.15, -0.1) is 0 Å². The summed E-state index contributed by atoms with van der Waals surface area (Å²) in [7, 11) is -4.51. The van der Waals surface area contributed by atoms with Crippen LogP contribution < -0.4 is 0 Å². The lowest BCUT2D eigenvalue weighted by molar-refractivity contribution is -0.197. The van der Waals surface area contributed by atoms with E-state index in [0.29, 0.717) is 0 Å². The highest BCUT2D eigenvalue weighted by Crippen LogP contribution is 2.28. The molecule has 1 aromatic carbocycles. The van der Waals surface area contributed by atoms with Crippen molar-refractivity contribution in [3.8, 4) is 0 Å². The largest absolute Gasteiger partial charge is 0.416 e. The molecule has 0 aromatic heterocycles. The summed E-state index contributed by atoms with van der Waals surface area (Å²) >= 11 is 0. The van der Waals surface area contributed by atoms with Gasteiger partial charge in [0.2, 0.25) is 0 Å². The molecule has 8 heteroatoms. The van der Waals surface area contributed by atoms with Crippen LogP contribution in [0.5, 0.6) is 0 Å². The molecule has 1 atom stereocenters. The first-order chi connectivity index (χ1) is 8.66. The molecule has 0 aliphatic carbocycles. The molecule has 0 spiro atoms. The van der Waals surface area contributed by atoms with E-state index in [1.807, 2.05) is 0 Å². The molecule has 19 heavy (non-hydrogen) atoms. The molecular formula is C11H13F3O4S. The molecule has 0 amide bonds. The van der Waals surface area contributed by atoms with Gasteiger partial charge >= 0.3 is 6.18 Å². The van der Waals surface area contributed by atoms with E-state index >= 15 is 0 Å². The molecule has 0 saturated carbocycles. The fourth-order valence-electron chi connectivity index (χ4n) is 1.30. The van der Waals surface area contributed by atoms with E-state index in [-0.39, 0.29) is 4.90 Å². The van der Waals surface area contributed by atoms with Crippen LogP contribution in [0.4, 0.5) is 13.2 Å². The van der Waals surface area contributed by atoms with E-state index in [4.69, 9.17) is 5.11 Å². The zero-order chi connectivity index (χ0) is 14.7. The number of aryl methyl sites for hydroxylation is 1. The summed E-state index contributed by atoms with van der Waals surface area (Å²) in [5, 5.41) is 8.53. The molecule has 0 radical (unpaired) electrons. The first-order valence-electron chi connectivity index (χ1n) is 5.34. The molecule has 1 rings (SSSR count). The predicted octanol–water partition coefficient (Wildman–Crippen LogP) is 2.01. The third kappa shape index (κ3) is 4.48. The van der Waals surface area contributed by atoms with E-state index in [1.165, 1.54) is 12.1 Å². The third-order valence-corrected chi connectivity index (χ3v) is 3.64. The standard InChI is InChI=1S/C11H13F3O4S/c1-8-2-4-9(5-3-8)19(16,17)18-10(6-7-15)11(12,13)14/h2-5,10,15H,6-7H2,1H3/t10-/m1/s1. The maximum Gasteiger partial charge on any atom is 0.416 e. The second kappa shape index (κ2) is 5.89. The van der Waals surface area contributed by atoms with Crippen molar-refractivity contribution in [3.05, 3.63) is 29.8 Å². The molecule has 0 heterocycles. The van der Waals surface area contributed by atoms with E-state index in [2.05, 4.69) is 4.18 Å². The summed E-state index contributed by atoms with van der Waals surface area (Å²) in [6.07, 6.45) is -8.25. The van der Waals surface area contributed by atoms with Gasteiger partial charge in [0, 0.05) is 13.0 Å². The van der Waals surface area contributed by atoms with Crippen molar-refractivity contribution in [2.24, 2.45) is 0 Å². The first-order valence-corrected chi connectivity index (χ1v) is 6.75. The van der Waals surface area contributed by atoms with Crippen molar-refractivity contribution in [1.82, 2.24) is 0 Å². The first kappa shape index (κ1) is 15.9. The Kier molecular flexibility index (Phi) is 4.94. The SMILES string of the molecule is Cc1ccc(S(=O)(=O)O[C@H](CCO)C(F)(F)F)cc1. The molecule has 108 valence electrons. The second-order valence-corrected chi connectivity index (χ2v) is 5.48. The normalized spacial score (nSPS) is 14.4. The van der Waals surface area contributed by atoms with Gasteiger partial charge in [-0.1, -0.05) is 17.7 Å². The van der Waals surface area contributed by atoms with Crippen molar-refractivity contribution in [1.29, 1.82) is 0 Å². The highest BCUT2D eigenvalue weighted by atomic mass is 32.2. The van der Waals surface area contributed by atoms with Crippen LogP contribution >= 0.6 is 0 Å². The van der Waals surface area contributed by atoms with Gasteiger partial charge in [-0.05, 0) is 19.1 Å². The summed E-state index contributed by atoms with van der Waals surface area (Å²) in [4.78, 5) is -0.356. The maximum absolute atomic E-state index is 12.5. The van der Waals surface area contributed by atoms with Gasteiger partial charge in [0.15, 0.2) is 6.10 Å². The van der Waals surface area contributed by atoms with E-state index in [1.54, 1.807) is 6.92 Å². The lowest BCUT2D eigenvalue weighted by Gasteiger charge is -2.19. The van der Waals surface area contributed by atoms with Crippen LogP contribution in [0, 0.1) is 6.92 Å². The molecule has 0 bridgehead atoms. The van der Waals surface area contributed by atoms with Gasteiger partial charge in [-0.3, -0.25) is 4.18 Å². The Morgan fingerprint density at radius 3 is 2.21 bits per heavy atom. The monoisotopic (exact) mass is 298 g/mol. The summed E-state index contributed by atoms with van der Waals surface area (Å²) in [5.74, 6) is 0. The third-order valence-electron chi connectivity index (χ3n) is 2.31. The number of aliphatic hydroxyl groups is 1. The van der Waals surface area contributed by atoms with Gasteiger partial charge in [-0.25, -0.2) is 0 Å². The average Bonchev–Trinajstić information content (AvgIpc) is 2.27. The Morgan fingerprint density at radius 2 is 1.79 bits per heavy atom. The fraction of sp³-hybridized carbons (Fsp3) is 0.455. The van der Waals surface area contributed by atoms with Gasteiger partial charge in [0.1, 0.15) is 0 Å². The van der Waals surface area contributed by atoms with Crippen LogP contribution in [-0.4, -0.2) is 32.4 Å². The molecule has 1 aromatic rings. The highest BCUT2D eigenvalue weighted by Gasteiger charge is 2.43. The Bertz CT molecular complexity index is 508. The van der Waals surface area contributed by atoms with E-state index in [9.17, 15) is 21.6 Å². The molecule has 0 aliphatic rings. The average molecular weight is 298 g/mol. The summed E-state index contributed by atoms with van der Waals surface area (Å²) < 4.78 is 65.0. The van der Waals surface area contributed by atoms with Crippen LogP contribution in [0.15, 0.2) is 29.2 Å². The highest BCUT2D eigenvalue weighted by molar-refractivity contribution is 7.86. The maximum atomic E-state index is 12.5. The van der Waals surface area contributed by atoms with Crippen LogP contribution in [-0.2, 0) is 14.3 Å². The Balaban J connectivity index is 2.97. The second-order valence-electron chi connectivity index (χ2n) is 3.91. The molecule has 0 unspecified atom stereocenters. The zero-order valence-electron chi connectivity index (χ0n) is 10.0. The molecule has 0 fully saturated rings. The van der Waals surface area contributed by atoms with Gasteiger partial charge in [-0.2, -0.15) is 21.6 Å². The number of aliphatic hydroxyl groups excluding tert-OH is 1. The quantitative estimate of drug-likeness (QED) is 0.845. The van der Waals surface area contributed by atoms with E-state index < -0.39 is 35.4 Å². The summed E-state index contributed by atoms with van der Waals surface area (Å²) in [6, 6.07) is 5.23.